The highest BCUT2D eigenvalue weighted by Crippen LogP contribution is 2.24. The van der Waals surface area contributed by atoms with E-state index in [1.165, 1.54) is 0 Å². The Balaban J connectivity index is 2.61. The molecule has 0 amide bonds. The number of rotatable bonds is 4. The second-order valence-electron chi connectivity index (χ2n) is 4.89. The van der Waals surface area contributed by atoms with Crippen molar-refractivity contribution >= 4 is 18.8 Å². The molecule has 0 aromatic carbocycles. The molecule has 0 fully saturated rings. The van der Waals surface area contributed by atoms with Gasteiger partial charge >= 0.3 is 7.48 Å². The van der Waals surface area contributed by atoms with E-state index in [0.717, 1.165) is 5.46 Å². The predicted octanol–water partition coefficient (Wildman–Crippen LogP) is 0.207. The van der Waals surface area contributed by atoms with Gasteiger partial charge in [0.25, 0.3) is 0 Å². The first-order valence-corrected chi connectivity index (χ1v) is 5.20. The van der Waals surface area contributed by atoms with E-state index in [-0.39, 0.29) is 0 Å². The summed E-state index contributed by atoms with van der Waals surface area (Å²) in [6, 6.07) is 3.55. The first-order valence-electron chi connectivity index (χ1n) is 5.20. The van der Waals surface area contributed by atoms with Gasteiger partial charge in [-0.1, -0.05) is 6.07 Å². The summed E-state index contributed by atoms with van der Waals surface area (Å²) in [6.45, 7) is 7.42. The zero-order valence-electron chi connectivity index (χ0n) is 10.2. The Labute approximate surface area is 97.1 Å². The molecule has 0 saturated carbocycles. The molecule has 0 aliphatic rings. The predicted molar refractivity (Wildman–Crippen MR) is 66.9 cm³/mol. The van der Waals surface area contributed by atoms with Crippen molar-refractivity contribution < 1.29 is 9.76 Å². The first-order chi connectivity index (χ1) is 7.22. The average molecular weight is 222 g/mol. The summed E-state index contributed by atoms with van der Waals surface area (Å²) in [5, 5.41) is 7.95. The van der Waals surface area contributed by atoms with Crippen LogP contribution in [-0.4, -0.2) is 28.8 Å². The van der Waals surface area contributed by atoms with Crippen LogP contribution in [0.3, 0.4) is 0 Å². The minimum Gasteiger partial charge on any atom is -0.439 e. The van der Waals surface area contributed by atoms with Crippen LogP contribution in [-0.2, 0) is 4.65 Å². The monoisotopic (exact) mass is 222 g/mol. The van der Waals surface area contributed by atoms with Crippen molar-refractivity contribution in [3.05, 3.63) is 18.3 Å². The van der Waals surface area contributed by atoms with Crippen LogP contribution >= 0.6 is 0 Å². The van der Waals surface area contributed by atoms with Crippen LogP contribution in [0.2, 0.25) is 0 Å². The number of nitrogens with zero attached hydrogens (tertiary/aromatic N) is 1. The van der Waals surface area contributed by atoms with Gasteiger partial charge in [0.15, 0.2) is 5.60 Å². The molecule has 0 aliphatic carbocycles. The van der Waals surface area contributed by atoms with Crippen LogP contribution in [0.5, 0.6) is 0 Å². The first kappa shape index (κ1) is 13.0. The molecular weight excluding hydrogens is 203 g/mol. The molecule has 1 rings (SSSR count). The standard InChI is InChI=1S/C11H18BN2O2/c1-10(2,15)11(3,4)16-12-8-5-6-9(13)14-7-8/h5-7,15H,1-4H3,(H2,13,14)/p+1. The zero-order chi connectivity index (χ0) is 12.4. The molecule has 0 spiro atoms. The van der Waals surface area contributed by atoms with Crippen LogP contribution in [0.4, 0.5) is 5.82 Å². The highest BCUT2D eigenvalue weighted by molar-refractivity contribution is 6.46. The van der Waals surface area contributed by atoms with E-state index in [1.54, 1.807) is 19.7 Å². The lowest BCUT2D eigenvalue weighted by Gasteiger charge is -2.33. The third-order valence-electron chi connectivity index (χ3n) is 2.80. The van der Waals surface area contributed by atoms with Crippen LogP contribution in [0.1, 0.15) is 27.7 Å². The number of hydrogen-bond donors (Lipinski definition) is 1. The van der Waals surface area contributed by atoms with Gasteiger partial charge in [-0.05, 0) is 25.4 Å². The fraction of sp³-hybridized carbons (Fsp3) is 0.545. The third-order valence-corrected chi connectivity index (χ3v) is 2.80. The normalized spacial score (nSPS) is 12.6. The molecule has 0 bridgehead atoms. The van der Waals surface area contributed by atoms with Crippen molar-refractivity contribution in [2.75, 3.05) is 5.73 Å². The van der Waals surface area contributed by atoms with Crippen molar-refractivity contribution in [3.8, 4) is 0 Å². The molecule has 1 radical (unpaired) electrons. The van der Waals surface area contributed by atoms with Crippen LogP contribution in [0.25, 0.3) is 0 Å². The van der Waals surface area contributed by atoms with Gasteiger partial charge in [0.05, 0.1) is 0 Å². The second kappa shape index (κ2) is 4.43. The number of anilines is 1. The summed E-state index contributed by atoms with van der Waals surface area (Å²) in [5.41, 5.74) is 5.08. The summed E-state index contributed by atoms with van der Waals surface area (Å²) in [6.07, 6.45) is 1.64. The van der Waals surface area contributed by atoms with Gasteiger partial charge < -0.3 is 15.5 Å². The Bertz CT molecular complexity index is 344. The topological polar surface area (TPSA) is 71.0 Å². The lowest BCUT2D eigenvalue weighted by Crippen LogP contribution is -2.49. The third kappa shape index (κ3) is 3.22. The van der Waals surface area contributed by atoms with Crippen molar-refractivity contribution in [2.24, 2.45) is 0 Å². The van der Waals surface area contributed by atoms with Crippen molar-refractivity contribution in [1.29, 1.82) is 0 Å². The fourth-order valence-corrected chi connectivity index (χ4v) is 0.849. The number of hydrogen-bond acceptors (Lipinski definition) is 3. The maximum atomic E-state index is 7.95. The Morgan fingerprint density at radius 3 is 2.38 bits per heavy atom. The average Bonchev–Trinajstić information content (AvgIpc) is 2.15. The molecular formula is C11H19BN2O2+. The fourth-order valence-electron chi connectivity index (χ4n) is 0.849. The molecule has 1 aromatic heterocycles. The lowest BCUT2D eigenvalue weighted by atomic mass is 9.83. The maximum Gasteiger partial charge on any atom is 0.332 e. The van der Waals surface area contributed by atoms with Gasteiger partial charge in [-0.25, -0.2) is 4.98 Å². The SMILES string of the molecule is CC(C)([OH2+])C(C)(C)O[B]c1ccc(N)nc1. The Morgan fingerprint density at radius 1 is 1.31 bits per heavy atom. The second-order valence-corrected chi connectivity index (χ2v) is 4.89. The van der Waals surface area contributed by atoms with Crippen LogP contribution < -0.4 is 11.2 Å². The minimum absolute atomic E-state index is 0.484. The van der Waals surface area contributed by atoms with Crippen LogP contribution in [0.15, 0.2) is 18.3 Å². The Hall–Kier alpha value is -1.07. The molecule has 4 nitrogen and oxygen atoms in total. The van der Waals surface area contributed by atoms with Gasteiger partial charge in [-0.2, -0.15) is 0 Å². The van der Waals surface area contributed by atoms with Crippen LogP contribution in [0, 0.1) is 0 Å². The van der Waals surface area contributed by atoms with Gasteiger partial charge in [0, 0.05) is 20.0 Å². The van der Waals surface area contributed by atoms with Gasteiger partial charge in [-0.3, -0.25) is 0 Å². The molecule has 1 heterocycles. The number of pyridine rings is 1. The van der Waals surface area contributed by atoms with E-state index < -0.39 is 11.2 Å². The summed E-state index contributed by atoms with van der Waals surface area (Å²) in [7, 11) is 1.61. The molecule has 1 aromatic rings. The quantitative estimate of drug-likeness (QED) is 0.584. The zero-order valence-corrected chi connectivity index (χ0v) is 10.2. The summed E-state index contributed by atoms with van der Waals surface area (Å²) in [5.74, 6) is 0.484. The van der Waals surface area contributed by atoms with Crippen molar-refractivity contribution in [1.82, 2.24) is 4.98 Å². The van der Waals surface area contributed by atoms with Gasteiger partial charge in [0.2, 0.25) is 0 Å². The van der Waals surface area contributed by atoms with E-state index >= 15 is 0 Å². The summed E-state index contributed by atoms with van der Waals surface area (Å²) >= 11 is 0. The minimum atomic E-state index is -0.676. The molecule has 5 heteroatoms. The molecule has 0 aliphatic heterocycles. The lowest BCUT2D eigenvalue weighted by molar-refractivity contribution is -0.0893. The van der Waals surface area contributed by atoms with Gasteiger partial charge in [0.1, 0.15) is 11.4 Å². The molecule has 16 heavy (non-hydrogen) atoms. The van der Waals surface area contributed by atoms with E-state index in [0.29, 0.717) is 5.82 Å². The smallest absolute Gasteiger partial charge is 0.332 e. The molecule has 0 saturated heterocycles. The van der Waals surface area contributed by atoms with E-state index in [2.05, 4.69) is 4.98 Å². The maximum absolute atomic E-state index is 7.95. The van der Waals surface area contributed by atoms with E-state index in [9.17, 15) is 0 Å². The molecule has 0 atom stereocenters. The number of nitrogens with two attached hydrogens (primary N) is 1. The highest BCUT2D eigenvalue weighted by atomic mass is 16.5. The van der Waals surface area contributed by atoms with Crippen molar-refractivity contribution in [2.45, 2.75) is 38.9 Å². The number of aromatic nitrogens is 1. The largest absolute Gasteiger partial charge is 0.439 e. The number of nitrogen functional groups attached to an aromatic ring is 1. The van der Waals surface area contributed by atoms with E-state index in [4.69, 9.17) is 15.5 Å². The highest BCUT2D eigenvalue weighted by Gasteiger charge is 2.40. The molecule has 87 valence electrons. The Kier molecular flexibility index (Phi) is 3.60. The van der Waals surface area contributed by atoms with E-state index in [1.807, 2.05) is 33.8 Å². The van der Waals surface area contributed by atoms with Gasteiger partial charge in [-0.15, -0.1) is 0 Å². The summed E-state index contributed by atoms with van der Waals surface area (Å²) < 4.78 is 5.63. The van der Waals surface area contributed by atoms with Crippen molar-refractivity contribution in [3.63, 3.8) is 0 Å². The molecule has 4 N–H and O–H groups in total. The summed E-state index contributed by atoms with van der Waals surface area (Å²) in [4.78, 5) is 3.96. The Morgan fingerprint density at radius 2 is 1.94 bits per heavy atom. The molecule has 0 unspecified atom stereocenters.